The third-order valence-electron chi connectivity index (χ3n) is 2.40. The molecule has 0 unspecified atom stereocenters. The number of aldehydes is 1. The molecule has 122 valence electrons. The van der Waals surface area contributed by atoms with Gasteiger partial charge in [0.2, 0.25) is 0 Å². The Morgan fingerprint density at radius 2 is 1.82 bits per heavy atom. The van der Waals surface area contributed by atoms with Crippen LogP contribution in [0.4, 0.5) is 13.2 Å². The van der Waals surface area contributed by atoms with E-state index in [9.17, 15) is 22.8 Å². The molecule has 1 aromatic rings. The normalized spacial score (nSPS) is 11.9. The molecule has 0 radical (unpaired) electrons. The summed E-state index contributed by atoms with van der Waals surface area (Å²) in [6.45, 7) is 5.15. The number of hydrogen-bond donors (Lipinski definition) is 0. The van der Waals surface area contributed by atoms with E-state index in [1.165, 1.54) is 6.07 Å². The maximum atomic E-state index is 12.2. The molecule has 0 bridgehead atoms. The summed E-state index contributed by atoms with van der Waals surface area (Å²) in [6, 6.07) is 3.53. The number of carbonyl (C=O) groups is 2. The number of halogens is 3. The minimum atomic E-state index is -4.84. The lowest BCUT2D eigenvalue weighted by molar-refractivity contribution is -0.274. The van der Waals surface area contributed by atoms with Crippen LogP contribution in [0.3, 0.4) is 0 Å². The van der Waals surface area contributed by atoms with Crippen LogP contribution in [0.5, 0.6) is 5.75 Å². The molecule has 0 saturated carbocycles. The average molecular weight is 318 g/mol. The van der Waals surface area contributed by atoms with E-state index in [1.807, 2.05) is 0 Å². The van der Waals surface area contributed by atoms with Crippen LogP contribution in [-0.2, 0) is 16.0 Å². The zero-order chi connectivity index (χ0) is 17.0. The Morgan fingerprint density at radius 3 is 2.32 bits per heavy atom. The third-order valence-corrected chi connectivity index (χ3v) is 2.40. The van der Waals surface area contributed by atoms with Gasteiger partial charge in [0.05, 0.1) is 0 Å². The van der Waals surface area contributed by atoms with Gasteiger partial charge in [-0.05, 0) is 51.0 Å². The smallest absolute Gasteiger partial charge is 0.460 e. The Balaban J connectivity index is 2.80. The summed E-state index contributed by atoms with van der Waals surface area (Å²) in [5.41, 5.74) is -0.206. The average Bonchev–Trinajstić information content (AvgIpc) is 2.32. The van der Waals surface area contributed by atoms with Gasteiger partial charge in [-0.1, -0.05) is 0 Å². The van der Waals surface area contributed by atoms with Gasteiger partial charge in [0.25, 0.3) is 0 Å². The van der Waals surface area contributed by atoms with Crippen LogP contribution in [0.25, 0.3) is 0 Å². The molecule has 0 saturated heterocycles. The molecule has 1 rings (SSSR count). The number of ether oxygens (including phenoxy) is 2. The molecule has 1 aromatic carbocycles. The van der Waals surface area contributed by atoms with Crippen molar-refractivity contribution in [3.8, 4) is 5.75 Å². The second-order valence-corrected chi connectivity index (χ2v) is 5.66. The first-order chi connectivity index (χ1) is 9.98. The first-order valence-corrected chi connectivity index (χ1v) is 6.55. The van der Waals surface area contributed by atoms with Crippen molar-refractivity contribution in [3.05, 3.63) is 29.3 Å². The summed E-state index contributed by atoms with van der Waals surface area (Å²) in [6.07, 6.45) is -4.29. The second kappa shape index (κ2) is 6.81. The highest BCUT2D eigenvalue weighted by Gasteiger charge is 2.31. The van der Waals surface area contributed by atoms with Crippen LogP contribution in [0, 0.1) is 0 Å². The fourth-order valence-electron chi connectivity index (χ4n) is 1.73. The number of benzene rings is 1. The monoisotopic (exact) mass is 318 g/mol. The topological polar surface area (TPSA) is 52.6 Å². The fourth-order valence-corrected chi connectivity index (χ4v) is 1.73. The minimum Gasteiger partial charge on any atom is -0.460 e. The van der Waals surface area contributed by atoms with Gasteiger partial charge in [0.15, 0.2) is 0 Å². The highest BCUT2D eigenvalue weighted by atomic mass is 19.4. The quantitative estimate of drug-likeness (QED) is 0.614. The van der Waals surface area contributed by atoms with Crippen LogP contribution >= 0.6 is 0 Å². The molecule has 0 aliphatic heterocycles. The van der Waals surface area contributed by atoms with Crippen molar-refractivity contribution in [2.24, 2.45) is 0 Å². The number of carbonyl (C=O) groups excluding carboxylic acids is 2. The molecule has 4 nitrogen and oxygen atoms in total. The first kappa shape index (κ1) is 18.0. The Labute approximate surface area is 126 Å². The molecule has 0 atom stereocenters. The van der Waals surface area contributed by atoms with Crippen LogP contribution in [0.1, 0.15) is 43.1 Å². The predicted octanol–water partition coefficient (Wildman–Crippen LogP) is 3.67. The Bertz CT molecular complexity index is 545. The molecule has 0 aliphatic carbocycles. The second-order valence-electron chi connectivity index (χ2n) is 5.66. The lowest BCUT2D eigenvalue weighted by atomic mass is 10.1. The lowest BCUT2D eigenvalue weighted by Gasteiger charge is -2.19. The van der Waals surface area contributed by atoms with Gasteiger partial charge in [-0.2, -0.15) is 0 Å². The molecule has 7 heteroatoms. The SMILES string of the molecule is CC(C)(C)OC(=O)CCc1cc(C=O)cc(OC(F)(F)F)c1. The lowest BCUT2D eigenvalue weighted by Crippen LogP contribution is -2.24. The molecule has 0 fully saturated rings. The Hall–Kier alpha value is -2.05. The summed E-state index contributed by atoms with van der Waals surface area (Å²) in [5.74, 6) is -0.960. The maximum Gasteiger partial charge on any atom is 0.573 e. The maximum absolute atomic E-state index is 12.2. The summed E-state index contributed by atoms with van der Waals surface area (Å²) in [7, 11) is 0. The summed E-state index contributed by atoms with van der Waals surface area (Å²) < 4.78 is 45.6. The van der Waals surface area contributed by atoms with Crippen molar-refractivity contribution >= 4 is 12.3 Å². The Kier molecular flexibility index (Phi) is 5.57. The first-order valence-electron chi connectivity index (χ1n) is 6.55. The summed E-state index contributed by atoms with van der Waals surface area (Å²) in [4.78, 5) is 22.4. The van der Waals surface area contributed by atoms with Crippen molar-refractivity contribution < 1.29 is 32.2 Å². The van der Waals surface area contributed by atoms with Crippen molar-refractivity contribution in [2.45, 2.75) is 45.6 Å². The van der Waals surface area contributed by atoms with Crippen molar-refractivity contribution in [1.29, 1.82) is 0 Å². The van der Waals surface area contributed by atoms with Gasteiger partial charge in [-0.25, -0.2) is 0 Å². The van der Waals surface area contributed by atoms with Gasteiger partial charge < -0.3 is 9.47 Å². The molecule has 0 N–H and O–H groups in total. The number of hydrogen-bond acceptors (Lipinski definition) is 4. The standard InChI is InChI=1S/C15H17F3O4/c1-14(2,3)22-13(20)5-4-10-6-11(9-19)8-12(7-10)21-15(16,17)18/h6-9H,4-5H2,1-3H3. The van der Waals surface area contributed by atoms with E-state index < -0.39 is 23.7 Å². The Morgan fingerprint density at radius 1 is 1.18 bits per heavy atom. The van der Waals surface area contributed by atoms with Gasteiger partial charge in [0, 0.05) is 12.0 Å². The largest absolute Gasteiger partial charge is 0.573 e. The predicted molar refractivity (Wildman–Crippen MR) is 72.7 cm³/mol. The van der Waals surface area contributed by atoms with Crippen LogP contribution in [-0.4, -0.2) is 24.2 Å². The van der Waals surface area contributed by atoms with Crippen molar-refractivity contribution in [1.82, 2.24) is 0 Å². The highest BCUT2D eigenvalue weighted by molar-refractivity contribution is 5.76. The third kappa shape index (κ3) is 7.10. The van der Waals surface area contributed by atoms with Gasteiger partial charge in [-0.15, -0.1) is 13.2 Å². The number of rotatable bonds is 5. The molecule has 0 spiro atoms. The summed E-state index contributed by atoms with van der Waals surface area (Å²) >= 11 is 0. The zero-order valence-electron chi connectivity index (χ0n) is 12.5. The minimum absolute atomic E-state index is 0.00889. The fraction of sp³-hybridized carbons (Fsp3) is 0.467. The van der Waals surface area contributed by atoms with Gasteiger partial charge in [0.1, 0.15) is 17.6 Å². The summed E-state index contributed by atoms with van der Waals surface area (Å²) in [5, 5.41) is 0. The van der Waals surface area contributed by atoms with Gasteiger partial charge in [-0.3, -0.25) is 9.59 Å². The van der Waals surface area contributed by atoms with E-state index >= 15 is 0 Å². The molecule has 22 heavy (non-hydrogen) atoms. The van der Waals surface area contributed by atoms with E-state index in [4.69, 9.17) is 4.74 Å². The highest BCUT2D eigenvalue weighted by Crippen LogP contribution is 2.25. The van der Waals surface area contributed by atoms with Gasteiger partial charge >= 0.3 is 12.3 Å². The molecule has 0 amide bonds. The van der Waals surface area contributed by atoms with E-state index in [2.05, 4.69) is 4.74 Å². The molecular formula is C15H17F3O4. The van der Waals surface area contributed by atoms with Crippen molar-refractivity contribution in [3.63, 3.8) is 0 Å². The van der Waals surface area contributed by atoms with E-state index in [1.54, 1.807) is 20.8 Å². The molecule has 0 aliphatic rings. The van der Waals surface area contributed by atoms with Crippen molar-refractivity contribution in [2.75, 3.05) is 0 Å². The molecular weight excluding hydrogens is 301 g/mol. The van der Waals surface area contributed by atoms with Crippen LogP contribution < -0.4 is 4.74 Å². The van der Waals surface area contributed by atoms with E-state index in [-0.39, 0.29) is 18.4 Å². The zero-order valence-corrected chi connectivity index (χ0v) is 12.5. The van der Waals surface area contributed by atoms with Crippen LogP contribution in [0.15, 0.2) is 18.2 Å². The van der Waals surface area contributed by atoms with Crippen LogP contribution in [0.2, 0.25) is 0 Å². The number of esters is 1. The van der Waals surface area contributed by atoms with E-state index in [0.717, 1.165) is 12.1 Å². The number of aryl methyl sites for hydroxylation is 1. The molecule has 0 aromatic heterocycles. The van der Waals surface area contributed by atoms with E-state index in [0.29, 0.717) is 11.8 Å². The number of alkyl halides is 3. The molecule has 0 heterocycles.